The Hall–Kier alpha value is -1.18. The predicted molar refractivity (Wildman–Crippen MR) is 124 cm³/mol. The molecule has 7 heteroatoms. The number of hydrogen-bond donors (Lipinski definition) is 1. The minimum Gasteiger partial charge on any atom is -0.462 e. The van der Waals surface area contributed by atoms with Crippen molar-refractivity contribution in [3.8, 4) is 0 Å². The highest BCUT2D eigenvalue weighted by atomic mass is 16.5. The molecule has 0 aromatic carbocycles. The lowest BCUT2D eigenvalue weighted by Crippen LogP contribution is -2.42. The number of nitrogens with two attached hydrogens (primary N) is 1. The van der Waals surface area contributed by atoms with Crippen LogP contribution in [0.15, 0.2) is 12.7 Å². The molecule has 0 aliphatic heterocycles. The summed E-state index contributed by atoms with van der Waals surface area (Å²) in [6.07, 6.45) is 6.26. The van der Waals surface area contributed by atoms with Gasteiger partial charge in [0.2, 0.25) is 0 Å². The zero-order chi connectivity index (χ0) is 23.4. The molecule has 0 bridgehead atoms. The van der Waals surface area contributed by atoms with Gasteiger partial charge in [-0.2, -0.15) is 0 Å². The summed E-state index contributed by atoms with van der Waals surface area (Å²) in [5.41, 5.74) is 5.52. The summed E-state index contributed by atoms with van der Waals surface area (Å²) < 4.78 is 16.9. The lowest BCUT2D eigenvalue weighted by Gasteiger charge is -2.31. The van der Waals surface area contributed by atoms with E-state index < -0.39 is 17.3 Å². The van der Waals surface area contributed by atoms with Gasteiger partial charge in [0.05, 0.1) is 24.5 Å². The van der Waals surface area contributed by atoms with Crippen LogP contribution in [0, 0.1) is 11.3 Å². The number of rotatable bonds is 17. The van der Waals surface area contributed by atoms with Gasteiger partial charge >= 0.3 is 5.97 Å². The molecule has 0 heterocycles. The Labute approximate surface area is 184 Å². The molecule has 2 unspecified atom stereocenters. The van der Waals surface area contributed by atoms with Gasteiger partial charge in [-0.25, -0.2) is 4.79 Å². The van der Waals surface area contributed by atoms with Gasteiger partial charge in [-0.1, -0.05) is 33.8 Å². The first-order chi connectivity index (χ1) is 13.7. The van der Waals surface area contributed by atoms with Gasteiger partial charge in [0.1, 0.15) is 5.72 Å². The molecule has 174 valence electrons. The maximum absolute atomic E-state index is 11.4. The third-order valence-electron chi connectivity index (χ3n) is 5.60. The van der Waals surface area contributed by atoms with Crippen LogP contribution in [0.25, 0.3) is 0 Å². The number of carbonyl (C=O) groups is 2. The molecule has 0 saturated heterocycles. The Bertz CT molecular complexity index is 546. The molecule has 0 aliphatic carbocycles. The second-order valence-corrected chi connectivity index (χ2v) is 9.96. The smallest absolute Gasteiger partial charge is 0.330 e. The highest BCUT2D eigenvalue weighted by Crippen LogP contribution is 2.29. The van der Waals surface area contributed by atoms with Crippen molar-refractivity contribution < 1.29 is 23.8 Å². The van der Waals surface area contributed by atoms with Gasteiger partial charge in [-0.3, -0.25) is 0 Å². The molecule has 0 aliphatic rings. The van der Waals surface area contributed by atoms with Gasteiger partial charge < -0.3 is 24.7 Å². The number of ether oxygens (including phenoxy) is 3. The van der Waals surface area contributed by atoms with Crippen molar-refractivity contribution >= 4 is 19.5 Å². The summed E-state index contributed by atoms with van der Waals surface area (Å²) in [6, 6.07) is 0. The molecule has 6 nitrogen and oxygen atoms in total. The summed E-state index contributed by atoms with van der Waals surface area (Å²) >= 11 is 0. The Morgan fingerprint density at radius 2 is 1.60 bits per heavy atom. The third kappa shape index (κ3) is 14.8. The second-order valence-electron chi connectivity index (χ2n) is 9.96. The van der Waals surface area contributed by atoms with Gasteiger partial charge in [0, 0.05) is 31.4 Å². The monoisotopic (exact) mass is 425 g/mol. The van der Waals surface area contributed by atoms with Gasteiger partial charge in [-0.05, 0) is 45.4 Å². The average Bonchev–Trinajstić information content (AvgIpc) is 2.60. The van der Waals surface area contributed by atoms with E-state index in [1.165, 1.54) is 0 Å². The van der Waals surface area contributed by atoms with Crippen molar-refractivity contribution in [2.45, 2.75) is 91.4 Å². The Morgan fingerprint density at radius 3 is 2.17 bits per heavy atom. The minimum absolute atomic E-state index is 0.141. The largest absolute Gasteiger partial charge is 0.462 e. The fraction of sp³-hybridized carbons (Fsp3) is 0.826. The van der Waals surface area contributed by atoms with Crippen LogP contribution in [0.2, 0.25) is 0 Å². The van der Waals surface area contributed by atoms with Crippen LogP contribution in [0.5, 0.6) is 0 Å². The highest BCUT2D eigenvalue weighted by molar-refractivity contribution is 6.58. The lowest BCUT2D eigenvalue weighted by atomic mass is 9.81. The van der Waals surface area contributed by atoms with Crippen LogP contribution in [0.1, 0.15) is 80.1 Å². The Morgan fingerprint density at radius 1 is 1.00 bits per heavy atom. The van der Waals surface area contributed by atoms with E-state index in [0.717, 1.165) is 31.8 Å². The summed E-state index contributed by atoms with van der Waals surface area (Å²) in [4.78, 5) is 22.5. The van der Waals surface area contributed by atoms with Crippen molar-refractivity contribution in [1.82, 2.24) is 0 Å². The molecule has 30 heavy (non-hydrogen) atoms. The first-order valence-corrected chi connectivity index (χ1v) is 11.1. The Kier molecular flexibility index (Phi) is 12.8. The number of carbonyl (C=O) groups excluding carboxylic acids is 2. The fourth-order valence-electron chi connectivity index (χ4n) is 2.91. The SMILES string of the molecule is BC(=O)C(C)CCCC(C)(C)CCOC(C)(N)CCOC(C)(C)CCOC(=O)C=C. The molecule has 0 radical (unpaired) electrons. The molecule has 0 fully saturated rings. The predicted octanol–water partition coefficient (Wildman–Crippen LogP) is 3.36. The maximum Gasteiger partial charge on any atom is 0.330 e. The van der Waals surface area contributed by atoms with E-state index in [2.05, 4.69) is 20.4 Å². The number of esters is 1. The van der Waals surface area contributed by atoms with Crippen LogP contribution in [0.3, 0.4) is 0 Å². The topological polar surface area (TPSA) is 87.8 Å². The van der Waals surface area contributed by atoms with Crippen LogP contribution in [-0.4, -0.2) is 50.6 Å². The van der Waals surface area contributed by atoms with E-state index in [9.17, 15) is 9.59 Å². The van der Waals surface area contributed by atoms with E-state index in [4.69, 9.17) is 19.9 Å². The van der Waals surface area contributed by atoms with Crippen molar-refractivity contribution in [3.63, 3.8) is 0 Å². The van der Waals surface area contributed by atoms with Gasteiger partial charge in [-0.15, -0.1) is 0 Å². The molecule has 2 atom stereocenters. The third-order valence-corrected chi connectivity index (χ3v) is 5.60. The zero-order valence-electron chi connectivity index (χ0n) is 20.3. The molecule has 2 N–H and O–H groups in total. The zero-order valence-corrected chi connectivity index (χ0v) is 20.3. The summed E-state index contributed by atoms with van der Waals surface area (Å²) in [5.74, 6) is -0.285. The van der Waals surface area contributed by atoms with Crippen molar-refractivity contribution in [2.75, 3.05) is 19.8 Å². The van der Waals surface area contributed by atoms with Crippen molar-refractivity contribution in [1.29, 1.82) is 0 Å². The standard InChI is InChI=1S/C23H44BNO5/c1-8-19(26)28-15-13-22(5,6)29-17-14-23(7,25)30-16-12-21(3,4)11-9-10-18(2)20(24)27/h8,18H,1,9-17,24-25H2,2-7H3. The summed E-state index contributed by atoms with van der Waals surface area (Å²) in [7, 11) is 1.66. The van der Waals surface area contributed by atoms with Gasteiger partial charge in [0.15, 0.2) is 7.85 Å². The van der Waals surface area contributed by atoms with Crippen molar-refractivity contribution in [3.05, 3.63) is 12.7 Å². The second kappa shape index (κ2) is 13.3. The summed E-state index contributed by atoms with van der Waals surface area (Å²) in [6.45, 7) is 16.9. The first kappa shape index (κ1) is 28.8. The molecule has 0 amide bonds. The van der Waals surface area contributed by atoms with E-state index in [-0.39, 0.29) is 23.6 Å². The van der Waals surface area contributed by atoms with Crippen LogP contribution < -0.4 is 5.73 Å². The quantitative estimate of drug-likeness (QED) is 0.166. The van der Waals surface area contributed by atoms with Crippen LogP contribution >= 0.6 is 0 Å². The van der Waals surface area contributed by atoms with E-state index in [1.807, 2.05) is 27.7 Å². The normalized spacial score (nSPS) is 15.3. The van der Waals surface area contributed by atoms with Gasteiger partial charge in [0.25, 0.3) is 0 Å². The number of hydrogen-bond acceptors (Lipinski definition) is 6. The molecular formula is C23H44BNO5. The van der Waals surface area contributed by atoms with Crippen molar-refractivity contribution in [2.24, 2.45) is 17.1 Å². The first-order valence-electron chi connectivity index (χ1n) is 11.1. The molecular weight excluding hydrogens is 381 g/mol. The molecule has 0 aromatic rings. The molecule has 0 rings (SSSR count). The molecule has 0 aromatic heterocycles. The fourth-order valence-corrected chi connectivity index (χ4v) is 2.91. The lowest BCUT2D eigenvalue weighted by molar-refractivity contribution is -0.140. The minimum atomic E-state index is -0.759. The molecule has 0 spiro atoms. The van der Waals surface area contributed by atoms with E-state index >= 15 is 0 Å². The van der Waals surface area contributed by atoms with Crippen LogP contribution in [-0.2, 0) is 23.8 Å². The Balaban J connectivity index is 4.14. The average molecular weight is 425 g/mol. The van der Waals surface area contributed by atoms with E-state index in [1.54, 1.807) is 7.85 Å². The maximum atomic E-state index is 11.4. The highest BCUT2D eigenvalue weighted by Gasteiger charge is 2.25. The molecule has 0 saturated carbocycles. The summed E-state index contributed by atoms with van der Waals surface area (Å²) in [5, 5.41) is 0. The van der Waals surface area contributed by atoms with E-state index in [0.29, 0.717) is 26.1 Å². The van der Waals surface area contributed by atoms with Crippen LogP contribution in [0.4, 0.5) is 0 Å².